The summed E-state index contributed by atoms with van der Waals surface area (Å²) in [5.41, 5.74) is 0.783. The van der Waals surface area contributed by atoms with Gasteiger partial charge < -0.3 is 10.2 Å². The fraction of sp³-hybridized carbons (Fsp3) is 0.389. The minimum atomic E-state index is 0.124. The summed E-state index contributed by atoms with van der Waals surface area (Å²) in [6, 6.07) is 14.1. The predicted octanol–water partition coefficient (Wildman–Crippen LogP) is 2.91. The van der Waals surface area contributed by atoms with Gasteiger partial charge in [-0.2, -0.15) is 0 Å². The summed E-state index contributed by atoms with van der Waals surface area (Å²) in [6.07, 6.45) is 2.32. The first-order chi connectivity index (χ1) is 10.2. The van der Waals surface area contributed by atoms with Gasteiger partial charge in [0.05, 0.1) is 0 Å². The van der Waals surface area contributed by atoms with Gasteiger partial charge in [-0.05, 0) is 54.8 Å². The molecule has 0 bridgehead atoms. The summed E-state index contributed by atoms with van der Waals surface area (Å²) in [4.78, 5) is 14.4. The zero-order valence-electron chi connectivity index (χ0n) is 12.5. The van der Waals surface area contributed by atoms with Crippen LogP contribution >= 0.6 is 0 Å². The Balaban J connectivity index is 1.72. The lowest BCUT2D eigenvalue weighted by atomic mass is 9.97. The van der Waals surface area contributed by atoms with E-state index in [0.29, 0.717) is 5.92 Å². The van der Waals surface area contributed by atoms with E-state index in [1.165, 1.54) is 5.39 Å². The first kappa shape index (κ1) is 14.1. The van der Waals surface area contributed by atoms with E-state index in [1.54, 1.807) is 0 Å². The molecule has 1 N–H and O–H groups in total. The Kier molecular flexibility index (Phi) is 4.20. The molecule has 1 aliphatic heterocycles. The molecule has 2 aromatic rings. The first-order valence-corrected chi connectivity index (χ1v) is 7.69. The number of carbonyl (C=O) groups excluding carboxylic acids is 1. The highest BCUT2D eigenvalue weighted by Gasteiger charge is 2.19. The van der Waals surface area contributed by atoms with E-state index < -0.39 is 0 Å². The number of nitrogens with zero attached hydrogens (tertiary/aromatic N) is 1. The molecule has 1 saturated heterocycles. The second-order valence-corrected chi connectivity index (χ2v) is 5.94. The molecular formula is C18H22N2O. The second-order valence-electron chi connectivity index (χ2n) is 5.94. The fourth-order valence-electron chi connectivity index (χ4n) is 3.08. The van der Waals surface area contributed by atoms with Crippen LogP contribution in [0.15, 0.2) is 42.5 Å². The molecule has 3 rings (SSSR count). The fourth-order valence-corrected chi connectivity index (χ4v) is 3.08. The molecule has 0 aliphatic carbocycles. The van der Waals surface area contributed by atoms with Crippen LogP contribution in [-0.2, 0) is 0 Å². The Labute approximate surface area is 125 Å². The van der Waals surface area contributed by atoms with E-state index in [4.69, 9.17) is 0 Å². The number of carbonyl (C=O) groups is 1. The lowest BCUT2D eigenvalue weighted by Gasteiger charge is -2.27. The molecule has 3 heteroatoms. The van der Waals surface area contributed by atoms with Crippen LogP contribution in [0.3, 0.4) is 0 Å². The zero-order valence-corrected chi connectivity index (χ0v) is 12.5. The van der Waals surface area contributed by atoms with Crippen LogP contribution in [0.5, 0.6) is 0 Å². The number of piperidine rings is 1. The molecule has 1 fully saturated rings. The Morgan fingerprint density at radius 3 is 2.62 bits per heavy atom. The van der Waals surface area contributed by atoms with Gasteiger partial charge in [0.15, 0.2) is 0 Å². The predicted molar refractivity (Wildman–Crippen MR) is 86.5 cm³/mol. The summed E-state index contributed by atoms with van der Waals surface area (Å²) >= 11 is 0. The second kappa shape index (κ2) is 6.27. The van der Waals surface area contributed by atoms with Crippen molar-refractivity contribution in [1.29, 1.82) is 0 Å². The van der Waals surface area contributed by atoms with Gasteiger partial charge in [-0.15, -0.1) is 0 Å². The number of benzene rings is 2. The SMILES string of the molecule is CN(CC1CCNCC1)C(=O)c1ccc2ccccc2c1. The van der Waals surface area contributed by atoms with Crippen molar-refractivity contribution in [2.45, 2.75) is 12.8 Å². The van der Waals surface area contributed by atoms with Gasteiger partial charge in [0.1, 0.15) is 0 Å². The van der Waals surface area contributed by atoms with Gasteiger partial charge in [0.2, 0.25) is 0 Å². The summed E-state index contributed by atoms with van der Waals surface area (Å²) < 4.78 is 0. The Hall–Kier alpha value is -1.87. The van der Waals surface area contributed by atoms with Crippen LogP contribution in [0.4, 0.5) is 0 Å². The third-order valence-corrected chi connectivity index (χ3v) is 4.33. The molecule has 1 aliphatic rings. The van der Waals surface area contributed by atoms with Gasteiger partial charge in [0.25, 0.3) is 5.91 Å². The highest BCUT2D eigenvalue weighted by Crippen LogP contribution is 2.18. The smallest absolute Gasteiger partial charge is 0.253 e. The molecular weight excluding hydrogens is 260 g/mol. The van der Waals surface area contributed by atoms with Crippen molar-refractivity contribution in [3.05, 3.63) is 48.0 Å². The molecule has 1 heterocycles. The average molecular weight is 282 g/mol. The molecule has 3 nitrogen and oxygen atoms in total. The minimum Gasteiger partial charge on any atom is -0.341 e. The number of amides is 1. The van der Waals surface area contributed by atoms with Crippen molar-refractivity contribution in [2.24, 2.45) is 5.92 Å². The van der Waals surface area contributed by atoms with E-state index in [-0.39, 0.29) is 5.91 Å². The van der Waals surface area contributed by atoms with Gasteiger partial charge >= 0.3 is 0 Å². The van der Waals surface area contributed by atoms with Crippen molar-refractivity contribution in [1.82, 2.24) is 10.2 Å². The standard InChI is InChI=1S/C18H22N2O/c1-20(13-14-8-10-19-11-9-14)18(21)17-7-6-15-4-2-3-5-16(15)12-17/h2-7,12,14,19H,8-11,13H2,1H3. The van der Waals surface area contributed by atoms with Crippen molar-refractivity contribution >= 4 is 16.7 Å². The van der Waals surface area contributed by atoms with Crippen molar-refractivity contribution < 1.29 is 4.79 Å². The first-order valence-electron chi connectivity index (χ1n) is 7.69. The molecule has 0 atom stereocenters. The van der Waals surface area contributed by atoms with Gasteiger partial charge in [-0.3, -0.25) is 4.79 Å². The van der Waals surface area contributed by atoms with Crippen molar-refractivity contribution in [3.8, 4) is 0 Å². The third kappa shape index (κ3) is 3.24. The van der Waals surface area contributed by atoms with Crippen LogP contribution in [-0.4, -0.2) is 37.5 Å². The third-order valence-electron chi connectivity index (χ3n) is 4.33. The molecule has 0 radical (unpaired) electrons. The monoisotopic (exact) mass is 282 g/mol. The van der Waals surface area contributed by atoms with Gasteiger partial charge in [-0.1, -0.05) is 30.3 Å². The molecule has 1 amide bonds. The summed E-state index contributed by atoms with van der Waals surface area (Å²) in [5.74, 6) is 0.750. The Morgan fingerprint density at radius 2 is 1.86 bits per heavy atom. The van der Waals surface area contributed by atoms with Gasteiger partial charge in [-0.25, -0.2) is 0 Å². The number of hydrogen-bond acceptors (Lipinski definition) is 2. The van der Waals surface area contributed by atoms with E-state index in [1.807, 2.05) is 42.3 Å². The maximum atomic E-state index is 12.6. The maximum absolute atomic E-state index is 12.6. The molecule has 0 aromatic heterocycles. The highest BCUT2D eigenvalue weighted by atomic mass is 16.2. The van der Waals surface area contributed by atoms with Crippen LogP contribution in [0.1, 0.15) is 23.2 Å². The molecule has 2 aromatic carbocycles. The minimum absolute atomic E-state index is 0.124. The number of nitrogens with one attached hydrogen (secondary N) is 1. The quantitative estimate of drug-likeness (QED) is 0.939. The number of fused-ring (bicyclic) bond motifs is 1. The summed E-state index contributed by atoms with van der Waals surface area (Å²) in [5, 5.41) is 5.67. The Bertz CT molecular complexity index is 632. The van der Waals surface area contributed by atoms with E-state index in [0.717, 1.165) is 43.4 Å². The van der Waals surface area contributed by atoms with Crippen LogP contribution in [0.2, 0.25) is 0 Å². The van der Waals surface area contributed by atoms with Crippen LogP contribution in [0.25, 0.3) is 10.8 Å². The number of rotatable bonds is 3. The molecule has 21 heavy (non-hydrogen) atoms. The average Bonchev–Trinajstić information content (AvgIpc) is 2.54. The largest absolute Gasteiger partial charge is 0.341 e. The van der Waals surface area contributed by atoms with Crippen molar-refractivity contribution in [3.63, 3.8) is 0 Å². The van der Waals surface area contributed by atoms with Crippen molar-refractivity contribution in [2.75, 3.05) is 26.7 Å². The van der Waals surface area contributed by atoms with E-state index in [9.17, 15) is 4.79 Å². The van der Waals surface area contributed by atoms with E-state index >= 15 is 0 Å². The molecule has 0 saturated carbocycles. The van der Waals surface area contributed by atoms with E-state index in [2.05, 4.69) is 17.4 Å². The Morgan fingerprint density at radius 1 is 1.14 bits per heavy atom. The normalized spacial score (nSPS) is 16.0. The molecule has 0 unspecified atom stereocenters. The topological polar surface area (TPSA) is 32.3 Å². The van der Waals surface area contributed by atoms with Crippen LogP contribution in [0, 0.1) is 5.92 Å². The van der Waals surface area contributed by atoms with Gasteiger partial charge in [0, 0.05) is 19.2 Å². The summed E-state index contributed by atoms with van der Waals surface area (Å²) in [7, 11) is 1.92. The molecule has 110 valence electrons. The molecule has 0 spiro atoms. The van der Waals surface area contributed by atoms with Crippen LogP contribution < -0.4 is 5.32 Å². The zero-order chi connectivity index (χ0) is 14.7. The highest BCUT2D eigenvalue weighted by molar-refractivity contribution is 5.98. The lowest BCUT2D eigenvalue weighted by molar-refractivity contribution is 0.0763. The maximum Gasteiger partial charge on any atom is 0.253 e. The number of hydrogen-bond donors (Lipinski definition) is 1. The summed E-state index contributed by atoms with van der Waals surface area (Å²) in [6.45, 7) is 3.00. The lowest BCUT2D eigenvalue weighted by Crippen LogP contribution is -2.37.